The van der Waals surface area contributed by atoms with Crippen molar-refractivity contribution in [2.75, 3.05) is 9.80 Å². The summed E-state index contributed by atoms with van der Waals surface area (Å²) < 4.78 is 0. The molecule has 0 spiro atoms. The summed E-state index contributed by atoms with van der Waals surface area (Å²) in [5, 5.41) is 0. The van der Waals surface area contributed by atoms with Crippen molar-refractivity contribution in [3.8, 4) is 55.6 Å². The first-order chi connectivity index (χ1) is 33.6. The summed E-state index contributed by atoms with van der Waals surface area (Å²) in [7, 11) is 0. The molecule has 0 fully saturated rings. The van der Waals surface area contributed by atoms with Crippen molar-refractivity contribution >= 4 is 34.1 Å². The SMILES string of the molecule is Cc1ccccc1-c1ccc(N(c2ccccc2)c2cccc(-c3ccc(-c4ccc(-c5cccc(N(c6ccccc6)c6ccc7c(c6)C(C)(C)c6ccccc6-7)c5)cc4C)c(C)c3)c2)cc1C. The topological polar surface area (TPSA) is 6.48 Å². The molecule has 0 atom stereocenters. The Balaban J connectivity index is 0.888. The molecule has 0 saturated carbocycles. The van der Waals surface area contributed by atoms with Crippen LogP contribution in [-0.4, -0.2) is 0 Å². The van der Waals surface area contributed by atoms with Gasteiger partial charge < -0.3 is 9.80 Å². The summed E-state index contributed by atoms with van der Waals surface area (Å²) in [6.45, 7) is 13.6. The van der Waals surface area contributed by atoms with Gasteiger partial charge in [-0.05, 0) is 190 Å². The smallest absolute Gasteiger partial charge is 0.0467 e. The van der Waals surface area contributed by atoms with E-state index in [2.05, 4.69) is 282 Å². The van der Waals surface area contributed by atoms with Gasteiger partial charge in [-0.2, -0.15) is 0 Å². The van der Waals surface area contributed by atoms with Crippen LogP contribution in [0.1, 0.15) is 47.2 Å². The van der Waals surface area contributed by atoms with Gasteiger partial charge in [0, 0.05) is 39.5 Å². The molecule has 0 N–H and O–H groups in total. The Morgan fingerprint density at radius 3 is 1.14 bits per heavy atom. The van der Waals surface area contributed by atoms with Crippen LogP contribution in [0, 0.1) is 27.7 Å². The minimum Gasteiger partial charge on any atom is -0.310 e. The minimum absolute atomic E-state index is 0.0877. The van der Waals surface area contributed by atoms with Gasteiger partial charge in [0.15, 0.2) is 0 Å². The lowest BCUT2D eigenvalue weighted by Gasteiger charge is -2.28. The van der Waals surface area contributed by atoms with Crippen LogP contribution in [0.15, 0.2) is 231 Å². The predicted octanol–water partition coefficient (Wildman–Crippen LogP) is 18.8. The van der Waals surface area contributed by atoms with Gasteiger partial charge in [-0.3, -0.25) is 0 Å². The van der Waals surface area contributed by atoms with Gasteiger partial charge in [0.1, 0.15) is 0 Å². The molecule has 334 valence electrons. The van der Waals surface area contributed by atoms with Crippen LogP contribution in [0.2, 0.25) is 0 Å². The fraction of sp³-hybridized carbons (Fsp3) is 0.104. The highest BCUT2D eigenvalue weighted by Crippen LogP contribution is 2.51. The Bertz CT molecular complexity index is 3530. The second-order valence-electron chi connectivity index (χ2n) is 19.2. The highest BCUT2D eigenvalue weighted by molar-refractivity contribution is 5.88. The quantitative estimate of drug-likeness (QED) is 0.135. The lowest BCUT2D eigenvalue weighted by Crippen LogP contribution is -2.16. The molecule has 11 rings (SSSR count). The summed E-state index contributed by atoms with van der Waals surface area (Å²) in [6, 6.07) is 84.6. The third kappa shape index (κ3) is 8.02. The van der Waals surface area contributed by atoms with Crippen molar-refractivity contribution in [3.05, 3.63) is 264 Å². The Morgan fingerprint density at radius 2 is 0.623 bits per heavy atom. The molecule has 0 unspecified atom stereocenters. The molecular formula is C67H56N2. The Kier molecular flexibility index (Phi) is 11.2. The summed E-state index contributed by atoms with van der Waals surface area (Å²) in [5.74, 6) is 0. The third-order valence-corrected chi connectivity index (χ3v) is 14.4. The van der Waals surface area contributed by atoms with Crippen molar-refractivity contribution in [2.24, 2.45) is 0 Å². The molecule has 0 aromatic heterocycles. The van der Waals surface area contributed by atoms with E-state index in [0.717, 1.165) is 34.1 Å². The third-order valence-electron chi connectivity index (χ3n) is 14.4. The van der Waals surface area contributed by atoms with Crippen LogP contribution in [0.5, 0.6) is 0 Å². The highest BCUT2D eigenvalue weighted by atomic mass is 15.1. The number of para-hydroxylation sites is 2. The van der Waals surface area contributed by atoms with Crippen LogP contribution < -0.4 is 9.80 Å². The second kappa shape index (κ2) is 17.8. The molecule has 0 radical (unpaired) electrons. The van der Waals surface area contributed by atoms with Crippen molar-refractivity contribution in [1.29, 1.82) is 0 Å². The zero-order valence-electron chi connectivity index (χ0n) is 40.3. The first kappa shape index (κ1) is 43.4. The van der Waals surface area contributed by atoms with E-state index in [1.54, 1.807) is 0 Å². The molecule has 2 heteroatoms. The van der Waals surface area contributed by atoms with Gasteiger partial charge >= 0.3 is 0 Å². The van der Waals surface area contributed by atoms with E-state index in [0.29, 0.717) is 0 Å². The van der Waals surface area contributed by atoms with E-state index < -0.39 is 0 Å². The summed E-state index contributed by atoms with van der Waals surface area (Å²) >= 11 is 0. The summed E-state index contributed by atoms with van der Waals surface area (Å²) in [5.41, 5.74) is 27.0. The lowest BCUT2D eigenvalue weighted by molar-refractivity contribution is 0.660. The van der Waals surface area contributed by atoms with Crippen LogP contribution in [0.4, 0.5) is 34.1 Å². The fourth-order valence-electron chi connectivity index (χ4n) is 10.8. The molecule has 0 saturated heterocycles. The van der Waals surface area contributed by atoms with E-state index in [1.165, 1.54) is 89.0 Å². The van der Waals surface area contributed by atoms with E-state index >= 15 is 0 Å². The molecule has 0 heterocycles. The average molecular weight is 889 g/mol. The lowest BCUT2D eigenvalue weighted by atomic mass is 9.82. The fourth-order valence-corrected chi connectivity index (χ4v) is 10.8. The number of anilines is 6. The number of rotatable bonds is 10. The van der Waals surface area contributed by atoms with E-state index in [4.69, 9.17) is 0 Å². The maximum absolute atomic E-state index is 2.41. The molecule has 69 heavy (non-hydrogen) atoms. The monoisotopic (exact) mass is 888 g/mol. The Morgan fingerprint density at radius 1 is 0.246 bits per heavy atom. The van der Waals surface area contributed by atoms with Crippen molar-refractivity contribution < 1.29 is 0 Å². The van der Waals surface area contributed by atoms with E-state index in [1.807, 2.05) is 0 Å². The summed E-state index contributed by atoms with van der Waals surface area (Å²) in [6.07, 6.45) is 0. The number of hydrogen-bond donors (Lipinski definition) is 0. The maximum Gasteiger partial charge on any atom is 0.0467 e. The number of aryl methyl sites for hydroxylation is 4. The number of benzene rings is 10. The second-order valence-corrected chi connectivity index (χ2v) is 19.2. The van der Waals surface area contributed by atoms with Gasteiger partial charge in [-0.15, -0.1) is 0 Å². The molecule has 1 aliphatic carbocycles. The molecule has 10 aromatic rings. The van der Waals surface area contributed by atoms with E-state index in [9.17, 15) is 0 Å². The average Bonchev–Trinajstić information content (AvgIpc) is 3.60. The highest BCUT2D eigenvalue weighted by Gasteiger charge is 2.35. The van der Waals surface area contributed by atoms with Crippen molar-refractivity contribution in [2.45, 2.75) is 47.0 Å². The maximum atomic E-state index is 2.41. The standard InChI is InChI=1S/C67H56N2/c1-45-19-13-14-28-59(45)62-37-33-57(41-48(62)4)68(53-22-9-7-10-23-53)55-26-17-20-49(42-55)51-31-35-60(46(2)39-51)61-36-32-52(40-47(61)3)50-21-18-27-56(43-50)69(54-24-11-8-12-25-54)58-34-38-64-63-29-15-16-30-65(63)67(5,6)66(64)44-58/h7-44H,1-6H3. The van der Waals surface area contributed by atoms with Gasteiger partial charge in [-0.1, -0.05) is 172 Å². The Hall–Kier alpha value is -8.20. The van der Waals surface area contributed by atoms with Gasteiger partial charge in [0.25, 0.3) is 0 Å². The molecule has 0 amide bonds. The van der Waals surface area contributed by atoms with Crippen molar-refractivity contribution in [3.63, 3.8) is 0 Å². The number of fused-ring (bicyclic) bond motifs is 3. The van der Waals surface area contributed by atoms with Crippen LogP contribution in [0.25, 0.3) is 55.6 Å². The van der Waals surface area contributed by atoms with Gasteiger partial charge in [0.2, 0.25) is 0 Å². The zero-order valence-corrected chi connectivity index (χ0v) is 40.3. The first-order valence-corrected chi connectivity index (χ1v) is 24.2. The minimum atomic E-state index is -0.0877. The molecule has 10 aromatic carbocycles. The molecule has 1 aliphatic rings. The number of hydrogen-bond acceptors (Lipinski definition) is 2. The molecule has 0 aliphatic heterocycles. The molecular weight excluding hydrogens is 833 g/mol. The van der Waals surface area contributed by atoms with Crippen LogP contribution >= 0.6 is 0 Å². The van der Waals surface area contributed by atoms with Crippen LogP contribution in [0.3, 0.4) is 0 Å². The predicted molar refractivity (Wildman–Crippen MR) is 294 cm³/mol. The van der Waals surface area contributed by atoms with E-state index in [-0.39, 0.29) is 5.41 Å². The zero-order chi connectivity index (χ0) is 47.2. The molecule has 2 nitrogen and oxygen atoms in total. The van der Waals surface area contributed by atoms with Crippen LogP contribution in [-0.2, 0) is 5.41 Å². The Labute approximate surface area is 408 Å². The molecule has 0 bridgehead atoms. The summed E-state index contributed by atoms with van der Waals surface area (Å²) in [4.78, 5) is 4.76. The van der Waals surface area contributed by atoms with Crippen molar-refractivity contribution in [1.82, 2.24) is 0 Å². The normalized spacial score (nSPS) is 12.3. The van der Waals surface area contributed by atoms with Gasteiger partial charge in [-0.25, -0.2) is 0 Å². The number of nitrogens with zero attached hydrogens (tertiary/aromatic N) is 2. The largest absolute Gasteiger partial charge is 0.310 e. The first-order valence-electron chi connectivity index (χ1n) is 24.2. The van der Waals surface area contributed by atoms with Gasteiger partial charge in [0.05, 0.1) is 0 Å².